The number of nitrogens with one attached hydrogen (secondary N) is 3. The lowest BCUT2D eigenvalue weighted by molar-refractivity contribution is -0.134. The van der Waals surface area contributed by atoms with E-state index in [4.69, 9.17) is 10.5 Å². The van der Waals surface area contributed by atoms with Crippen LogP contribution in [0.3, 0.4) is 0 Å². The molecule has 12 heteroatoms. The van der Waals surface area contributed by atoms with E-state index in [-0.39, 0.29) is 24.9 Å². The standard InChI is InChI=1S/C32H45N4O7P/c1-20(2)27(29(33)37)35-31(39)28(21(3)4)36-30(38)24-16-11-17-25(24)44(41,42)26(18-22-12-7-5-8-13-22)34-32(40)43-19-23-14-9-6-10-15-23/h5-10,12-15,20-21,24-28H,11,16-19H2,1-4H3,(H2,33,37)(H,34,40)(H,35,39)(H,36,38)(H,41,42)/t24?,25?,26?,27-,28-/m0/s1. The molecule has 3 rings (SSSR count). The molecule has 0 aliphatic heterocycles. The van der Waals surface area contributed by atoms with Crippen LogP contribution in [-0.2, 0) is 36.7 Å². The molecule has 0 spiro atoms. The molecule has 0 radical (unpaired) electrons. The van der Waals surface area contributed by atoms with Gasteiger partial charge >= 0.3 is 6.09 Å². The monoisotopic (exact) mass is 628 g/mol. The molecule has 0 aromatic heterocycles. The third kappa shape index (κ3) is 9.40. The number of nitrogens with two attached hydrogens (primary N) is 1. The Bertz CT molecular complexity index is 1320. The van der Waals surface area contributed by atoms with Crippen molar-refractivity contribution in [2.45, 2.75) is 83.5 Å². The second-order valence-electron chi connectivity index (χ2n) is 12.1. The van der Waals surface area contributed by atoms with Gasteiger partial charge in [0, 0.05) is 18.0 Å². The Morgan fingerprint density at radius 2 is 1.43 bits per heavy atom. The third-order valence-electron chi connectivity index (χ3n) is 8.02. The Kier molecular flexibility index (Phi) is 12.5. The fourth-order valence-corrected chi connectivity index (χ4v) is 8.12. The van der Waals surface area contributed by atoms with E-state index in [1.165, 1.54) is 0 Å². The van der Waals surface area contributed by atoms with Crippen molar-refractivity contribution in [3.8, 4) is 0 Å². The Morgan fingerprint density at radius 1 is 0.864 bits per heavy atom. The van der Waals surface area contributed by atoms with Gasteiger partial charge in [-0.1, -0.05) is 94.8 Å². The Morgan fingerprint density at radius 3 is 1.98 bits per heavy atom. The topological polar surface area (TPSA) is 177 Å². The van der Waals surface area contributed by atoms with E-state index in [1.807, 2.05) is 24.3 Å². The summed E-state index contributed by atoms with van der Waals surface area (Å²) in [4.78, 5) is 63.1. The molecule has 4 amide bonds. The zero-order valence-corrected chi connectivity index (χ0v) is 26.7. The summed E-state index contributed by atoms with van der Waals surface area (Å²) < 4.78 is 19.6. The maximum absolute atomic E-state index is 14.3. The average Bonchev–Trinajstić information content (AvgIpc) is 3.49. The minimum Gasteiger partial charge on any atom is -0.445 e. The van der Waals surface area contributed by atoms with E-state index in [9.17, 15) is 28.6 Å². The maximum atomic E-state index is 14.3. The number of alkyl carbamates (subject to hydrolysis) is 1. The quantitative estimate of drug-likeness (QED) is 0.198. The molecule has 11 nitrogen and oxygen atoms in total. The second-order valence-corrected chi connectivity index (χ2v) is 14.7. The number of rotatable bonds is 14. The van der Waals surface area contributed by atoms with Crippen LogP contribution in [0.2, 0.25) is 0 Å². The highest BCUT2D eigenvalue weighted by Crippen LogP contribution is 2.58. The first-order valence-electron chi connectivity index (χ1n) is 15.0. The number of hydrogen-bond acceptors (Lipinski definition) is 6. The molecule has 6 atom stereocenters. The van der Waals surface area contributed by atoms with E-state index < -0.39 is 60.6 Å². The summed E-state index contributed by atoms with van der Waals surface area (Å²) in [7, 11) is -4.25. The first-order valence-corrected chi connectivity index (χ1v) is 16.8. The van der Waals surface area contributed by atoms with Crippen molar-refractivity contribution in [1.29, 1.82) is 0 Å². The van der Waals surface area contributed by atoms with Gasteiger partial charge in [-0.2, -0.15) is 0 Å². The lowest BCUT2D eigenvalue weighted by Crippen LogP contribution is -2.57. The normalized spacial score (nSPS) is 19.8. The van der Waals surface area contributed by atoms with Crippen LogP contribution in [0.15, 0.2) is 60.7 Å². The highest BCUT2D eigenvalue weighted by Gasteiger charge is 2.49. The number of hydrogen-bond donors (Lipinski definition) is 5. The van der Waals surface area contributed by atoms with E-state index in [0.717, 1.165) is 11.1 Å². The molecule has 1 aliphatic carbocycles. The minimum atomic E-state index is -4.25. The van der Waals surface area contributed by atoms with E-state index in [2.05, 4.69) is 16.0 Å². The zero-order chi connectivity index (χ0) is 32.4. The molecule has 0 bridgehead atoms. The Balaban J connectivity index is 1.79. The molecule has 2 aromatic rings. The summed E-state index contributed by atoms with van der Waals surface area (Å²) in [6.45, 7) is 6.99. The van der Waals surface area contributed by atoms with E-state index >= 15 is 0 Å². The summed E-state index contributed by atoms with van der Waals surface area (Å²) in [5.41, 5.74) is 6.01. The fourth-order valence-electron chi connectivity index (χ4n) is 5.54. The zero-order valence-electron chi connectivity index (χ0n) is 25.8. The number of ether oxygens (including phenoxy) is 1. The molecule has 0 heterocycles. The van der Waals surface area contributed by atoms with Crippen molar-refractivity contribution in [3.05, 3.63) is 71.8 Å². The summed E-state index contributed by atoms with van der Waals surface area (Å²) in [5.74, 6) is -4.44. The fraction of sp³-hybridized carbons (Fsp3) is 0.500. The van der Waals surface area contributed by atoms with Crippen molar-refractivity contribution in [1.82, 2.24) is 16.0 Å². The first-order chi connectivity index (χ1) is 20.8. The SMILES string of the molecule is CC(C)[C@H](NC(=O)[C@@H](NC(=O)C1CCCC1P(=O)(O)C(Cc1ccccc1)NC(=O)OCc1ccccc1)C(C)C)C(N)=O. The smallest absolute Gasteiger partial charge is 0.408 e. The molecule has 6 N–H and O–H groups in total. The molecule has 1 fully saturated rings. The summed E-state index contributed by atoms with van der Waals surface area (Å²) in [5, 5.41) is 8.01. The second kappa shape index (κ2) is 15.9. The van der Waals surface area contributed by atoms with Gasteiger partial charge in [0.25, 0.3) is 0 Å². The van der Waals surface area contributed by atoms with Crippen LogP contribution in [-0.4, -0.2) is 52.2 Å². The largest absolute Gasteiger partial charge is 0.445 e. The van der Waals surface area contributed by atoms with Gasteiger partial charge in [0.05, 0.1) is 0 Å². The van der Waals surface area contributed by atoms with E-state index in [0.29, 0.717) is 19.3 Å². The van der Waals surface area contributed by atoms with Crippen LogP contribution in [0.5, 0.6) is 0 Å². The average molecular weight is 629 g/mol. The van der Waals surface area contributed by atoms with Crippen LogP contribution in [0, 0.1) is 17.8 Å². The Hall–Kier alpha value is -3.69. The van der Waals surface area contributed by atoms with E-state index in [1.54, 1.807) is 64.1 Å². The molecular weight excluding hydrogens is 583 g/mol. The molecular formula is C32H45N4O7P. The van der Waals surface area contributed by atoms with Gasteiger partial charge in [-0.05, 0) is 35.8 Å². The predicted molar refractivity (Wildman–Crippen MR) is 167 cm³/mol. The molecule has 2 aromatic carbocycles. The number of primary amides is 1. The number of benzene rings is 2. The van der Waals surface area contributed by atoms with Crippen LogP contribution in [0.4, 0.5) is 4.79 Å². The highest BCUT2D eigenvalue weighted by atomic mass is 31.2. The van der Waals surface area contributed by atoms with Gasteiger partial charge in [-0.25, -0.2) is 4.79 Å². The summed E-state index contributed by atoms with van der Waals surface area (Å²) in [6, 6.07) is 16.2. The molecule has 1 aliphatic rings. The van der Waals surface area contributed by atoms with Crippen LogP contribution in [0.25, 0.3) is 0 Å². The maximum Gasteiger partial charge on any atom is 0.408 e. The Labute approximate surface area is 259 Å². The van der Waals surface area contributed by atoms with Crippen LogP contribution >= 0.6 is 7.37 Å². The molecule has 240 valence electrons. The van der Waals surface area contributed by atoms with Crippen molar-refractivity contribution < 1.29 is 33.4 Å². The molecule has 1 saturated carbocycles. The summed E-state index contributed by atoms with van der Waals surface area (Å²) in [6.07, 6.45) is 0.391. The number of carbonyl (C=O) groups is 4. The lowest BCUT2D eigenvalue weighted by atomic mass is 9.98. The summed E-state index contributed by atoms with van der Waals surface area (Å²) >= 11 is 0. The highest BCUT2D eigenvalue weighted by molar-refractivity contribution is 7.59. The van der Waals surface area contributed by atoms with Crippen molar-refractivity contribution in [2.75, 3.05) is 0 Å². The predicted octanol–water partition coefficient (Wildman–Crippen LogP) is 3.69. The van der Waals surface area contributed by atoms with Gasteiger partial charge in [-0.3, -0.25) is 18.9 Å². The molecule has 44 heavy (non-hydrogen) atoms. The van der Waals surface area contributed by atoms with Crippen molar-refractivity contribution >= 4 is 31.2 Å². The van der Waals surface area contributed by atoms with Crippen LogP contribution < -0.4 is 21.7 Å². The van der Waals surface area contributed by atoms with Crippen molar-refractivity contribution in [3.63, 3.8) is 0 Å². The molecule has 4 unspecified atom stereocenters. The van der Waals surface area contributed by atoms with Gasteiger partial charge in [-0.15, -0.1) is 0 Å². The van der Waals surface area contributed by atoms with Gasteiger partial charge in [0.15, 0.2) is 0 Å². The minimum absolute atomic E-state index is 0.0129. The first kappa shape index (κ1) is 34.8. The van der Waals surface area contributed by atoms with Crippen LogP contribution in [0.1, 0.15) is 58.1 Å². The molecule has 0 saturated heterocycles. The van der Waals surface area contributed by atoms with Gasteiger partial charge < -0.3 is 31.3 Å². The number of carbonyl (C=O) groups excluding carboxylic acids is 4. The van der Waals surface area contributed by atoms with Crippen molar-refractivity contribution in [2.24, 2.45) is 23.5 Å². The third-order valence-corrected chi connectivity index (χ3v) is 10.8. The lowest BCUT2D eigenvalue weighted by Gasteiger charge is -2.32. The van der Waals surface area contributed by atoms with Gasteiger partial charge in [0.1, 0.15) is 24.5 Å². The van der Waals surface area contributed by atoms with Gasteiger partial charge in [0.2, 0.25) is 25.1 Å². The number of amides is 4.